The molecule has 0 aromatic rings. The lowest BCUT2D eigenvalue weighted by atomic mass is 9.96. The van der Waals surface area contributed by atoms with Crippen molar-refractivity contribution in [3.63, 3.8) is 0 Å². The van der Waals surface area contributed by atoms with Crippen molar-refractivity contribution in [2.45, 2.75) is 84.5 Å². The first-order valence-corrected chi connectivity index (χ1v) is 7.84. The summed E-state index contributed by atoms with van der Waals surface area (Å²) >= 11 is 0. The Morgan fingerprint density at radius 2 is 1.26 bits per heavy atom. The Kier molecular flexibility index (Phi) is 12.1. The van der Waals surface area contributed by atoms with Crippen LogP contribution in [-0.2, 0) is 4.79 Å². The number of aliphatic hydroxyl groups excluding tert-OH is 1. The van der Waals surface area contributed by atoms with Crippen molar-refractivity contribution >= 4 is 5.97 Å². The Hall–Kier alpha value is -0.570. The summed E-state index contributed by atoms with van der Waals surface area (Å²) in [4.78, 5) is 10.9. The van der Waals surface area contributed by atoms with Gasteiger partial charge in [0.2, 0.25) is 0 Å². The van der Waals surface area contributed by atoms with Gasteiger partial charge in [-0.25, -0.2) is 0 Å². The molecule has 1 atom stereocenters. The lowest BCUT2D eigenvalue weighted by Crippen LogP contribution is -2.19. The predicted molar refractivity (Wildman–Crippen MR) is 78.4 cm³/mol. The van der Waals surface area contributed by atoms with Crippen LogP contribution in [0.2, 0.25) is 0 Å². The molecule has 0 saturated heterocycles. The topological polar surface area (TPSA) is 57.5 Å². The number of carbonyl (C=O) groups is 1. The molecule has 0 aliphatic carbocycles. The van der Waals surface area contributed by atoms with Gasteiger partial charge in [-0.3, -0.25) is 4.79 Å². The summed E-state index contributed by atoms with van der Waals surface area (Å²) in [5, 5.41) is 18.2. The average molecular weight is 271 g/mol. The molecule has 0 bridgehead atoms. The second-order valence-electron chi connectivity index (χ2n) is 5.50. The second-order valence-corrected chi connectivity index (χ2v) is 5.50. The zero-order valence-electron chi connectivity index (χ0n) is 12.7. The number of aliphatic carboxylic acids is 1. The van der Waals surface area contributed by atoms with E-state index in [2.05, 4.69) is 6.92 Å². The van der Waals surface area contributed by atoms with Crippen LogP contribution in [0.5, 0.6) is 0 Å². The second kappa shape index (κ2) is 12.5. The van der Waals surface area contributed by atoms with E-state index in [0.29, 0.717) is 6.42 Å². The van der Waals surface area contributed by atoms with Gasteiger partial charge in [-0.15, -0.1) is 0 Å². The van der Waals surface area contributed by atoms with Crippen LogP contribution in [0, 0.1) is 12.0 Å². The minimum Gasteiger partial charge on any atom is -0.481 e. The maximum atomic E-state index is 10.9. The number of aliphatic hydroxyl groups is 1. The van der Waals surface area contributed by atoms with Crippen molar-refractivity contribution in [2.24, 2.45) is 5.92 Å². The van der Waals surface area contributed by atoms with Gasteiger partial charge in [0, 0.05) is 0 Å². The molecule has 1 radical (unpaired) electrons. The molecule has 0 heterocycles. The highest BCUT2D eigenvalue weighted by Crippen LogP contribution is 2.19. The molecule has 3 nitrogen and oxygen atoms in total. The van der Waals surface area contributed by atoms with Crippen LogP contribution in [0.3, 0.4) is 0 Å². The summed E-state index contributed by atoms with van der Waals surface area (Å²) < 4.78 is 0. The Morgan fingerprint density at radius 1 is 0.842 bits per heavy atom. The summed E-state index contributed by atoms with van der Waals surface area (Å²) in [6, 6.07) is 0. The van der Waals surface area contributed by atoms with E-state index in [1.54, 1.807) is 0 Å². The highest BCUT2D eigenvalue weighted by atomic mass is 16.4. The lowest BCUT2D eigenvalue weighted by Gasteiger charge is -2.13. The molecule has 0 aliphatic heterocycles. The Morgan fingerprint density at radius 3 is 1.63 bits per heavy atom. The van der Waals surface area contributed by atoms with Crippen LogP contribution in [0.4, 0.5) is 0 Å². The molecule has 0 aromatic heterocycles. The van der Waals surface area contributed by atoms with Gasteiger partial charge in [0.05, 0.1) is 5.92 Å². The molecule has 0 saturated carbocycles. The van der Waals surface area contributed by atoms with Gasteiger partial charge in [0.25, 0.3) is 0 Å². The van der Waals surface area contributed by atoms with Gasteiger partial charge in [0.15, 0.2) is 0 Å². The van der Waals surface area contributed by atoms with Crippen LogP contribution in [0.1, 0.15) is 84.5 Å². The Balaban J connectivity index is 3.32. The smallest absolute Gasteiger partial charge is 0.309 e. The standard InChI is InChI=1S/C16H31O3/c1-3-4-5-6-7-8-9-10-11-12-13-15(14(2)17)16(18)19/h15,17H,3-13H2,1-2H3,(H,18,19). The molecule has 0 rings (SSSR count). The van der Waals surface area contributed by atoms with E-state index in [0.717, 1.165) is 12.8 Å². The number of rotatable bonds is 13. The molecule has 0 amide bonds. The van der Waals surface area contributed by atoms with Gasteiger partial charge in [0.1, 0.15) is 6.10 Å². The molecular weight excluding hydrogens is 240 g/mol. The summed E-state index contributed by atoms with van der Waals surface area (Å²) in [7, 11) is 0. The summed E-state index contributed by atoms with van der Waals surface area (Å²) in [6.45, 7) is 3.71. The van der Waals surface area contributed by atoms with E-state index in [9.17, 15) is 9.90 Å². The largest absolute Gasteiger partial charge is 0.481 e. The van der Waals surface area contributed by atoms with E-state index in [1.807, 2.05) is 0 Å². The van der Waals surface area contributed by atoms with Crippen LogP contribution < -0.4 is 0 Å². The van der Waals surface area contributed by atoms with Crippen molar-refractivity contribution in [3.8, 4) is 0 Å². The van der Waals surface area contributed by atoms with Crippen LogP contribution >= 0.6 is 0 Å². The molecule has 113 valence electrons. The van der Waals surface area contributed by atoms with Crippen LogP contribution in [-0.4, -0.2) is 16.2 Å². The Bertz CT molecular complexity index is 214. The van der Waals surface area contributed by atoms with E-state index in [-0.39, 0.29) is 6.10 Å². The Labute approximate surface area is 118 Å². The molecule has 0 aromatic carbocycles. The fraction of sp³-hybridized carbons (Fsp3) is 0.875. The first-order chi connectivity index (χ1) is 9.09. The van der Waals surface area contributed by atoms with E-state index in [1.165, 1.54) is 58.3 Å². The number of carboxylic acid groups (broad SMARTS) is 1. The van der Waals surface area contributed by atoms with Gasteiger partial charge >= 0.3 is 5.97 Å². The van der Waals surface area contributed by atoms with E-state index >= 15 is 0 Å². The maximum Gasteiger partial charge on any atom is 0.309 e. The minimum atomic E-state index is -0.907. The first-order valence-electron chi connectivity index (χ1n) is 7.84. The third kappa shape index (κ3) is 11.0. The third-order valence-electron chi connectivity index (χ3n) is 3.65. The van der Waals surface area contributed by atoms with Crippen molar-refractivity contribution < 1.29 is 15.0 Å². The zero-order valence-corrected chi connectivity index (χ0v) is 12.7. The lowest BCUT2D eigenvalue weighted by molar-refractivity contribution is -0.142. The first kappa shape index (κ1) is 18.4. The highest BCUT2D eigenvalue weighted by molar-refractivity contribution is 5.71. The zero-order chi connectivity index (χ0) is 14.5. The molecule has 0 spiro atoms. The van der Waals surface area contributed by atoms with Crippen molar-refractivity contribution in [1.82, 2.24) is 0 Å². The quantitative estimate of drug-likeness (QED) is 0.467. The monoisotopic (exact) mass is 271 g/mol. The number of hydrogen-bond donors (Lipinski definition) is 2. The molecule has 1 unspecified atom stereocenters. The summed E-state index contributed by atoms with van der Waals surface area (Å²) in [5.74, 6) is -1.58. The molecule has 0 aliphatic rings. The minimum absolute atomic E-state index is 0.0309. The fourth-order valence-electron chi connectivity index (χ4n) is 2.35. The van der Waals surface area contributed by atoms with Gasteiger partial charge < -0.3 is 10.2 Å². The average Bonchev–Trinajstić information content (AvgIpc) is 2.35. The third-order valence-corrected chi connectivity index (χ3v) is 3.65. The molecule has 0 fully saturated rings. The van der Waals surface area contributed by atoms with Gasteiger partial charge in [-0.1, -0.05) is 71.1 Å². The van der Waals surface area contributed by atoms with E-state index < -0.39 is 11.9 Å². The summed E-state index contributed by atoms with van der Waals surface area (Å²) in [5.41, 5.74) is 0. The van der Waals surface area contributed by atoms with Crippen molar-refractivity contribution in [3.05, 3.63) is 6.10 Å². The predicted octanol–water partition coefficient (Wildman–Crippen LogP) is 4.92. The SMILES string of the molecule is CCCCCCCCCCCCC([C](C)O)C(=O)O. The van der Waals surface area contributed by atoms with E-state index in [4.69, 9.17) is 5.11 Å². The number of carboxylic acids is 1. The van der Waals surface area contributed by atoms with Crippen molar-refractivity contribution in [2.75, 3.05) is 0 Å². The fourth-order valence-corrected chi connectivity index (χ4v) is 2.35. The number of unbranched alkanes of at least 4 members (excludes halogenated alkanes) is 9. The molecule has 2 N–H and O–H groups in total. The molecular formula is C16H31O3. The van der Waals surface area contributed by atoms with Crippen LogP contribution in [0.25, 0.3) is 0 Å². The maximum absolute atomic E-state index is 10.9. The summed E-state index contributed by atoms with van der Waals surface area (Å²) in [6.07, 6.45) is 13.0. The van der Waals surface area contributed by atoms with Crippen molar-refractivity contribution in [1.29, 1.82) is 0 Å². The highest BCUT2D eigenvalue weighted by Gasteiger charge is 2.22. The van der Waals surface area contributed by atoms with Gasteiger partial charge in [-0.2, -0.15) is 0 Å². The molecule has 3 heteroatoms. The van der Waals surface area contributed by atoms with Crippen LogP contribution in [0.15, 0.2) is 0 Å². The molecule has 19 heavy (non-hydrogen) atoms. The number of hydrogen-bond acceptors (Lipinski definition) is 2. The van der Waals surface area contributed by atoms with Gasteiger partial charge in [-0.05, 0) is 13.3 Å². The normalized spacial score (nSPS) is 12.8.